The largest absolute Gasteiger partial charge is 0.497 e. The van der Waals surface area contributed by atoms with Crippen LogP contribution in [-0.4, -0.2) is 113 Å². The minimum Gasteiger partial charge on any atom is -0.497 e. The van der Waals surface area contributed by atoms with Gasteiger partial charge in [0.1, 0.15) is 17.0 Å². The van der Waals surface area contributed by atoms with Crippen molar-refractivity contribution in [2.75, 3.05) is 55.2 Å². The zero-order valence-corrected chi connectivity index (χ0v) is 27.6. The van der Waals surface area contributed by atoms with E-state index in [0.717, 1.165) is 25.9 Å². The van der Waals surface area contributed by atoms with E-state index in [1.807, 2.05) is 0 Å². The number of fused-ring (bicyclic) bond motifs is 2. The molecule has 1 aliphatic heterocycles. The highest BCUT2D eigenvalue weighted by Crippen LogP contribution is 2.81. The highest BCUT2D eigenvalue weighted by molar-refractivity contribution is 5.99. The number of rotatable bonds is 10. The molecule has 6 aliphatic rings. The molecule has 0 amide bonds. The number of aliphatic hydroxyl groups is 1. The van der Waals surface area contributed by atoms with Gasteiger partial charge < -0.3 is 33.5 Å². The van der Waals surface area contributed by atoms with Crippen LogP contribution in [0.25, 0.3) is 0 Å². The SMILES string of the molecule is CCN1C[C@]2(COC)CC[C@H](OC)[C@]34C1[C@H]([C@H](OC)[C@H]23)[C@@]1(OC(C)=O)C[C@H](OC)[C@@]2(O)C[C@@H]4[C@@H]1[C@H]2C(=O)c1ccc(OC)cc1. The molecule has 10 nitrogen and oxygen atoms in total. The molecular formula is C35H49NO9. The molecule has 0 radical (unpaired) electrons. The van der Waals surface area contributed by atoms with Crippen molar-refractivity contribution in [2.24, 2.45) is 40.4 Å². The van der Waals surface area contributed by atoms with Crippen molar-refractivity contribution in [3.05, 3.63) is 29.8 Å². The molecule has 1 unspecified atom stereocenters. The van der Waals surface area contributed by atoms with Crippen molar-refractivity contribution in [1.82, 2.24) is 4.90 Å². The Morgan fingerprint density at radius 2 is 1.69 bits per heavy atom. The second-order valence-corrected chi connectivity index (χ2v) is 14.6. The first-order chi connectivity index (χ1) is 21.6. The van der Waals surface area contributed by atoms with E-state index in [0.29, 0.717) is 30.8 Å². The smallest absolute Gasteiger partial charge is 0.303 e. The quantitative estimate of drug-likeness (QED) is 0.307. The summed E-state index contributed by atoms with van der Waals surface area (Å²) in [6, 6.07) is 7.02. The molecule has 13 atom stereocenters. The van der Waals surface area contributed by atoms with Gasteiger partial charge in [-0.15, -0.1) is 0 Å². The fourth-order valence-electron chi connectivity index (χ4n) is 12.7. The maximum Gasteiger partial charge on any atom is 0.303 e. The van der Waals surface area contributed by atoms with Gasteiger partial charge in [0, 0.05) is 88.5 Å². The third kappa shape index (κ3) is 3.72. The lowest BCUT2D eigenvalue weighted by Crippen LogP contribution is -2.77. The Balaban J connectivity index is 1.52. The molecule has 1 aromatic rings. The van der Waals surface area contributed by atoms with E-state index < -0.39 is 40.5 Å². The van der Waals surface area contributed by atoms with Gasteiger partial charge in [0.15, 0.2) is 5.78 Å². The number of Topliss-reactive ketones (excluding diaryl/α,β-unsaturated/α-hetero) is 1. The maximum absolute atomic E-state index is 14.8. The van der Waals surface area contributed by atoms with Gasteiger partial charge in [0.25, 0.3) is 0 Å². The summed E-state index contributed by atoms with van der Waals surface area (Å²) in [7, 11) is 8.52. The lowest BCUT2D eigenvalue weighted by Gasteiger charge is -2.69. The van der Waals surface area contributed by atoms with E-state index >= 15 is 0 Å². The normalized spacial score (nSPS) is 47.4. The molecule has 5 aliphatic carbocycles. The first-order valence-corrected chi connectivity index (χ1v) is 16.5. The Morgan fingerprint density at radius 1 is 0.978 bits per heavy atom. The number of ether oxygens (including phenoxy) is 6. The van der Waals surface area contributed by atoms with Gasteiger partial charge in [0.2, 0.25) is 0 Å². The van der Waals surface area contributed by atoms with Crippen molar-refractivity contribution >= 4 is 11.8 Å². The van der Waals surface area contributed by atoms with Gasteiger partial charge in [-0.3, -0.25) is 14.5 Å². The number of ketones is 1. The van der Waals surface area contributed by atoms with Crippen molar-refractivity contribution < 1.29 is 43.1 Å². The number of piperidine rings is 1. The van der Waals surface area contributed by atoms with Gasteiger partial charge in [-0.25, -0.2) is 0 Å². The van der Waals surface area contributed by atoms with Crippen LogP contribution in [0, 0.1) is 40.4 Å². The molecule has 45 heavy (non-hydrogen) atoms. The standard InChI is InChI=1S/C35H49NO9/c1-8-36-17-32(18-40-3)14-13-23(42-5)35-22-15-33(39)24(43-6)16-34(45-19(2)37,27(31(35)36)29(44-7)30(32)35)25(22)26(33)28(38)20-9-11-21(41-4)12-10-20/h9-12,22-27,29-31,39H,8,13-18H2,1-7H3/t22-,23+,24+,25-,26+,27+,29+,30-,31?,32+,33+,34-,35+/m1/s1. The van der Waals surface area contributed by atoms with Crippen molar-refractivity contribution in [1.29, 1.82) is 0 Å². The van der Waals surface area contributed by atoms with Gasteiger partial charge in [0.05, 0.1) is 37.9 Å². The average Bonchev–Trinajstić information content (AvgIpc) is 3.43. The highest BCUT2D eigenvalue weighted by atomic mass is 16.6. The predicted molar refractivity (Wildman–Crippen MR) is 163 cm³/mol. The summed E-state index contributed by atoms with van der Waals surface area (Å²) in [6.07, 6.45) is 1.28. The van der Waals surface area contributed by atoms with Gasteiger partial charge in [-0.05, 0) is 56.0 Å². The number of esters is 1. The Kier molecular flexibility index (Phi) is 7.51. The van der Waals surface area contributed by atoms with E-state index in [1.165, 1.54) is 6.92 Å². The Bertz CT molecular complexity index is 1340. The van der Waals surface area contributed by atoms with Crippen LogP contribution in [0.2, 0.25) is 0 Å². The van der Waals surface area contributed by atoms with Gasteiger partial charge in [-0.2, -0.15) is 0 Å². The van der Waals surface area contributed by atoms with Crippen molar-refractivity contribution in [2.45, 2.75) is 75.1 Å². The topological polar surface area (TPSA) is 113 Å². The number of hydrogen-bond acceptors (Lipinski definition) is 10. The van der Waals surface area contributed by atoms with E-state index in [2.05, 4.69) is 11.8 Å². The summed E-state index contributed by atoms with van der Waals surface area (Å²) >= 11 is 0. The molecule has 0 aromatic heterocycles. The molecule has 248 valence electrons. The minimum absolute atomic E-state index is 0.0227. The molecule has 1 saturated heterocycles. The molecule has 1 spiro atoms. The number of carbonyl (C=O) groups is 2. The molecule has 7 rings (SSSR count). The number of benzene rings is 1. The first kappa shape index (κ1) is 31.5. The lowest BCUT2D eigenvalue weighted by molar-refractivity contribution is -0.277. The Labute approximate surface area is 266 Å². The lowest BCUT2D eigenvalue weighted by atomic mass is 9.42. The Hall–Kier alpha value is -2.08. The molecule has 1 N–H and O–H groups in total. The predicted octanol–water partition coefficient (Wildman–Crippen LogP) is 2.99. The third-order valence-corrected chi connectivity index (χ3v) is 13.5. The van der Waals surface area contributed by atoms with E-state index in [1.54, 1.807) is 59.8 Å². The van der Waals surface area contributed by atoms with Gasteiger partial charge >= 0.3 is 5.97 Å². The van der Waals surface area contributed by atoms with Crippen LogP contribution in [0.4, 0.5) is 0 Å². The second-order valence-electron chi connectivity index (χ2n) is 14.6. The van der Waals surface area contributed by atoms with Crippen LogP contribution in [-0.2, 0) is 28.5 Å². The van der Waals surface area contributed by atoms with Gasteiger partial charge in [-0.1, -0.05) is 6.92 Å². The molecule has 7 bridgehead atoms. The summed E-state index contributed by atoms with van der Waals surface area (Å²) in [4.78, 5) is 30.7. The van der Waals surface area contributed by atoms with E-state index in [9.17, 15) is 14.7 Å². The monoisotopic (exact) mass is 627 g/mol. The van der Waals surface area contributed by atoms with Crippen molar-refractivity contribution in [3.63, 3.8) is 0 Å². The number of carbonyl (C=O) groups excluding carboxylic acids is 2. The van der Waals surface area contributed by atoms with Crippen LogP contribution < -0.4 is 4.74 Å². The second kappa shape index (κ2) is 10.7. The summed E-state index contributed by atoms with van der Waals surface area (Å²) in [5.41, 5.74) is -2.76. The van der Waals surface area contributed by atoms with Crippen molar-refractivity contribution in [3.8, 4) is 5.75 Å². The third-order valence-electron chi connectivity index (χ3n) is 13.5. The fourth-order valence-corrected chi connectivity index (χ4v) is 12.7. The van der Waals surface area contributed by atoms with Crippen LogP contribution in [0.1, 0.15) is 49.9 Å². The molecule has 6 fully saturated rings. The molecule has 1 heterocycles. The molecule has 10 heteroatoms. The fraction of sp³-hybridized carbons (Fsp3) is 0.771. The molecule has 5 saturated carbocycles. The number of methoxy groups -OCH3 is 5. The van der Waals surface area contributed by atoms with Crippen LogP contribution in [0.5, 0.6) is 5.75 Å². The van der Waals surface area contributed by atoms with Crippen LogP contribution >= 0.6 is 0 Å². The first-order valence-electron chi connectivity index (χ1n) is 16.5. The Morgan fingerprint density at radius 3 is 2.27 bits per heavy atom. The number of hydrogen-bond donors (Lipinski definition) is 1. The van der Waals surface area contributed by atoms with Crippen LogP contribution in [0.3, 0.4) is 0 Å². The maximum atomic E-state index is 14.8. The van der Waals surface area contributed by atoms with Crippen LogP contribution in [0.15, 0.2) is 24.3 Å². The summed E-state index contributed by atoms with van der Waals surface area (Å²) in [5, 5.41) is 12.9. The number of likely N-dealkylation sites (tertiary alicyclic amines) is 1. The summed E-state index contributed by atoms with van der Waals surface area (Å²) in [5.74, 6) is -1.66. The number of nitrogens with zero attached hydrogens (tertiary/aromatic N) is 1. The molecular weight excluding hydrogens is 578 g/mol. The molecule has 1 aromatic carbocycles. The van der Waals surface area contributed by atoms with E-state index in [-0.39, 0.29) is 47.2 Å². The minimum atomic E-state index is -1.46. The summed E-state index contributed by atoms with van der Waals surface area (Å²) in [6.45, 7) is 5.86. The van der Waals surface area contributed by atoms with E-state index in [4.69, 9.17) is 28.4 Å². The zero-order valence-electron chi connectivity index (χ0n) is 27.6. The zero-order chi connectivity index (χ0) is 32.1. The summed E-state index contributed by atoms with van der Waals surface area (Å²) < 4.78 is 37.3. The highest BCUT2D eigenvalue weighted by Gasteiger charge is 2.89. The average molecular weight is 628 g/mol.